The van der Waals surface area contributed by atoms with E-state index in [-0.39, 0.29) is 11.8 Å². The van der Waals surface area contributed by atoms with Crippen molar-refractivity contribution in [3.05, 3.63) is 71.2 Å². The quantitative estimate of drug-likeness (QED) is 0.471. The van der Waals surface area contributed by atoms with E-state index >= 15 is 0 Å². The zero-order chi connectivity index (χ0) is 19.3. The van der Waals surface area contributed by atoms with Gasteiger partial charge in [0.05, 0.1) is 5.41 Å². The summed E-state index contributed by atoms with van der Waals surface area (Å²) in [6, 6.07) is 9.47. The molecule has 5 rings (SSSR count). The van der Waals surface area contributed by atoms with E-state index in [1.165, 1.54) is 0 Å². The summed E-state index contributed by atoms with van der Waals surface area (Å²) < 4.78 is 1.97. The van der Waals surface area contributed by atoms with Crippen LogP contribution in [0, 0.1) is 5.41 Å². The number of benzene rings is 1. The molecule has 2 amide bonds. The summed E-state index contributed by atoms with van der Waals surface area (Å²) in [6.07, 6.45) is 7.94. The molecule has 7 nitrogen and oxygen atoms in total. The van der Waals surface area contributed by atoms with Crippen LogP contribution in [-0.2, 0) is 11.2 Å². The highest BCUT2D eigenvalue weighted by atomic mass is 16.5. The van der Waals surface area contributed by atoms with Gasteiger partial charge in [0.25, 0.3) is 5.91 Å². The molecule has 2 atom stereocenters. The monoisotopic (exact) mass is 376 g/mol. The molecule has 2 aliphatic rings. The number of fused-ring (bicyclic) bond motifs is 2. The summed E-state index contributed by atoms with van der Waals surface area (Å²) in [7, 11) is 0. The van der Waals surface area contributed by atoms with Crippen molar-refractivity contribution in [2.45, 2.75) is 25.2 Å². The molecule has 1 aliphatic heterocycles. The van der Waals surface area contributed by atoms with Crippen LogP contribution in [0.5, 0.6) is 0 Å². The van der Waals surface area contributed by atoms with Crippen LogP contribution in [0.1, 0.15) is 45.8 Å². The zero-order valence-corrected chi connectivity index (χ0v) is 15.2. The second-order valence-electron chi connectivity index (χ2n) is 7.60. The molecule has 0 bridgehead atoms. The molecule has 1 unspecified atom stereocenters. The maximum atomic E-state index is 13.0. The van der Waals surface area contributed by atoms with Gasteiger partial charge in [-0.05, 0) is 54.2 Å². The van der Waals surface area contributed by atoms with E-state index in [1.807, 2.05) is 41.1 Å². The number of nitrogens with one attached hydrogen (secondary N) is 2. The van der Waals surface area contributed by atoms with Gasteiger partial charge < -0.3 is 9.72 Å². The molecule has 1 spiro atoms. The van der Waals surface area contributed by atoms with Crippen molar-refractivity contribution >= 4 is 17.5 Å². The van der Waals surface area contributed by atoms with E-state index in [4.69, 9.17) is 5.21 Å². The van der Waals surface area contributed by atoms with Crippen molar-refractivity contribution in [2.24, 2.45) is 5.41 Å². The summed E-state index contributed by atoms with van der Waals surface area (Å²) in [4.78, 5) is 29.1. The summed E-state index contributed by atoms with van der Waals surface area (Å²) >= 11 is 0. The second-order valence-corrected chi connectivity index (χ2v) is 7.60. The smallest absolute Gasteiger partial charge is 0.274 e. The Bertz CT molecular complexity index is 1110. The van der Waals surface area contributed by atoms with Crippen molar-refractivity contribution in [1.29, 1.82) is 0 Å². The average Bonchev–Trinajstić information content (AvgIpc) is 3.33. The fourth-order valence-corrected chi connectivity index (χ4v) is 4.92. The summed E-state index contributed by atoms with van der Waals surface area (Å²) in [6.45, 7) is 0.684. The van der Waals surface area contributed by atoms with Gasteiger partial charge in [-0.15, -0.1) is 0 Å². The molecule has 0 radical (unpaired) electrons. The van der Waals surface area contributed by atoms with Gasteiger partial charge in [0.1, 0.15) is 5.65 Å². The molecule has 28 heavy (non-hydrogen) atoms. The molecule has 3 aromatic rings. The second kappa shape index (κ2) is 6.17. The number of aryl methyl sites for hydroxylation is 1. The highest BCUT2D eigenvalue weighted by Crippen LogP contribution is 2.53. The van der Waals surface area contributed by atoms with Crippen molar-refractivity contribution < 1.29 is 14.8 Å². The van der Waals surface area contributed by atoms with Gasteiger partial charge in [-0.1, -0.05) is 12.1 Å². The van der Waals surface area contributed by atoms with Gasteiger partial charge >= 0.3 is 0 Å². The van der Waals surface area contributed by atoms with Crippen LogP contribution < -0.4 is 10.8 Å². The van der Waals surface area contributed by atoms with Gasteiger partial charge in [0.15, 0.2) is 0 Å². The first kappa shape index (κ1) is 16.9. The third-order valence-electron chi connectivity index (χ3n) is 6.26. The molecule has 142 valence electrons. The first-order valence-corrected chi connectivity index (χ1v) is 9.40. The predicted molar refractivity (Wildman–Crippen MR) is 101 cm³/mol. The maximum absolute atomic E-state index is 13.0. The minimum Gasteiger partial charge on any atom is -0.356 e. The normalized spacial score (nSPS) is 23.6. The van der Waals surface area contributed by atoms with Crippen molar-refractivity contribution in [3.8, 4) is 0 Å². The van der Waals surface area contributed by atoms with E-state index < -0.39 is 11.3 Å². The Balaban J connectivity index is 1.69. The number of carbonyl (C=O) groups is 2. The number of aromatic nitrogens is 2. The Hall–Kier alpha value is -3.19. The molecule has 1 aromatic carbocycles. The largest absolute Gasteiger partial charge is 0.356 e. The molecular weight excluding hydrogens is 356 g/mol. The fraction of sp³-hybridized carbons (Fsp3) is 0.286. The Morgan fingerprint density at radius 2 is 2.18 bits per heavy atom. The number of pyridine rings is 1. The SMILES string of the molecule is O=C(NO)c1ccc2c(c1)CCC1(CCNC1=O)[C@H]2c1ccc2nccn2c1. The topological polar surface area (TPSA) is 95.7 Å². The maximum Gasteiger partial charge on any atom is 0.274 e. The number of hydroxylamine groups is 1. The first-order valence-electron chi connectivity index (χ1n) is 9.40. The lowest BCUT2D eigenvalue weighted by atomic mass is 9.61. The first-order chi connectivity index (χ1) is 13.6. The third kappa shape index (κ3) is 2.36. The minimum atomic E-state index is -0.530. The Morgan fingerprint density at radius 3 is 2.96 bits per heavy atom. The highest BCUT2D eigenvalue weighted by Gasteiger charge is 2.52. The molecule has 3 N–H and O–H groups in total. The van der Waals surface area contributed by atoms with Gasteiger partial charge in [-0.3, -0.25) is 14.8 Å². The van der Waals surface area contributed by atoms with Crippen LogP contribution in [0.15, 0.2) is 48.9 Å². The summed E-state index contributed by atoms with van der Waals surface area (Å²) in [5, 5.41) is 12.0. The Morgan fingerprint density at radius 1 is 1.29 bits per heavy atom. The third-order valence-corrected chi connectivity index (χ3v) is 6.26. The fourth-order valence-electron chi connectivity index (χ4n) is 4.92. The lowest BCUT2D eigenvalue weighted by Gasteiger charge is -2.41. The van der Waals surface area contributed by atoms with Gasteiger partial charge in [-0.25, -0.2) is 10.5 Å². The lowest BCUT2D eigenvalue weighted by molar-refractivity contribution is -0.129. The van der Waals surface area contributed by atoms with E-state index in [1.54, 1.807) is 17.7 Å². The zero-order valence-electron chi connectivity index (χ0n) is 15.2. The van der Waals surface area contributed by atoms with Gasteiger partial charge in [-0.2, -0.15) is 0 Å². The van der Waals surface area contributed by atoms with Crippen molar-refractivity contribution in [2.75, 3.05) is 6.54 Å². The molecule has 0 saturated carbocycles. The number of amides is 2. The van der Waals surface area contributed by atoms with Crippen LogP contribution >= 0.6 is 0 Å². The van der Waals surface area contributed by atoms with E-state index in [9.17, 15) is 9.59 Å². The molecule has 1 saturated heterocycles. The standard InChI is InChI=1S/C21H20N4O3/c26-19(24-28)14-1-3-16-13(11-14)5-6-21(7-8-23-20(21)27)18(16)15-2-4-17-22-9-10-25(17)12-15/h1-4,9-12,18,28H,5-8H2,(H,23,27)(H,24,26)/t18-,21?/m0/s1. The number of hydrogen-bond donors (Lipinski definition) is 3. The minimum absolute atomic E-state index is 0.100. The predicted octanol–water partition coefficient (Wildman–Crippen LogP) is 2.04. The number of nitrogens with zero attached hydrogens (tertiary/aromatic N) is 2. The van der Waals surface area contributed by atoms with Crippen molar-refractivity contribution in [3.63, 3.8) is 0 Å². The molecule has 7 heteroatoms. The van der Waals surface area contributed by atoms with Gasteiger partial charge in [0, 0.05) is 36.6 Å². The molecule has 2 aromatic heterocycles. The Kier molecular flexibility index (Phi) is 3.73. The summed E-state index contributed by atoms with van der Waals surface area (Å²) in [5.41, 5.74) is 5.65. The lowest BCUT2D eigenvalue weighted by Crippen LogP contribution is -2.41. The number of rotatable bonds is 2. The van der Waals surface area contributed by atoms with Crippen LogP contribution in [0.4, 0.5) is 0 Å². The average molecular weight is 376 g/mol. The highest BCUT2D eigenvalue weighted by molar-refractivity contribution is 5.94. The van der Waals surface area contributed by atoms with E-state index in [2.05, 4.69) is 10.3 Å². The number of hydrogen-bond acceptors (Lipinski definition) is 4. The van der Waals surface area contributed by atoms with Crippen LogP contribution in [0.25, 0.3) is 5.65 Å². The van der Waals surface area contributed by atoms with Crippen LogP contribution in [0.2, 0.25) is 0 Å². The molecule has 1 fully saturated rings. The van der Waals surface area contributed by atoms with E-state index in [0.29, 0.717) is 12.1 Å². The summed E-state index contributed by atoms with van der Waals surface area (Å²) in [5.74, 6) is -0.527. The van der Waals surface area contributed by atoms with Gasteiger partial charge in [0.2, 0.25) is 5.91 Å². The number of imidazole rings is 1. The van der Waals surface area contributed by atoms with Crippen LogP contribution in [-0.4, -0.2) is 33.0 Å². The molecular formula is C21H20N4O3. The number of carbonyl (C=O) groups excluding carboxylic acids is 2. The Labute approximate surface area is 161 Å². The van der Waals surface area contributed by atoms with Crippen molar-refractivity contribution in [1.82, 2.24) is 20.2 Å². The molecule has 3 heterocycles. The van der Waals surface area contributed by atoms with Crippen LogP contribution in [0.3, 0.4) is 0 Å². The molecule has 1 aliphatic carbocycles. The van der Waals surface area contributed by atoms with E-state index in [0.717, 1.165) is 41.6 Å².